The second-order valence-electron chi connectivity index (χ2n) is 7.85. The molecule has 1 saturated heterocycles. The van der Waals surface area contributed by atoms with Crippen molar-refractivity contribution in [2.45, 2.75) is 57.8 Å². The zero-order valence-electron chi connectivity index (χ0n) is 15.6. The first-order chi connectivity index (χ1) is 12.0. The topological polar surface area (TPSA) is 84.7 Å². The van der Waals surface area contributed by atoms with Crippen molar-refractivity contribution < 1.29 is 9.84 Å². The predicted molar refractivity (Wildman–Crippen MR) is 101 cm³/mol. The van der Waals surface area contributed by atoms with Crippen molar-refractivity contribution in [2.75, 3.05) is 26.2 Å². The molecular formula is C20H33N3O2. The van der Waals surface area contributed by atoms with Gasteiger partial charge in [0.25, 0.3) is 0 Å². The van der Waals surface area contributed by atoms with Gasteiger partial charge >= 0.3 is 0 Å². The van der Waals surface area contributed by atoms with Crippen LogP contribution < -0.4 is 11.5 Å². The second-order valence-corrected chi connectivity index (χ2v) is 7.85. The minimum absolute atomic E-state index is 0.101. The number of piperidine rings is 1. The first-order valence-electron chi connectivity index (χ1n) is 9.64. The van der Waals surface area contributed by atoms with E-state index in [0.717, 1.165) is 62.0 Å². The molecule has 5 nitrogen and oxygen atoms in total. The van der Waals surface area contributed by atoms with E-state index in [4.69, 9.17) is 16.2 Å². The van der Waals surface area contributed by atoms with Crippen LogP contribution in [0, 0.1) is 12.8 Å². The number of fused-ring (bicyclic) bond motifs is 1. The Bertz CT molecular complexity index is 583. The van der Waals surface area contributed by atoms with Crippen LogP contribution in [-0.4, -0.2) is 48.3 Å². The van der Waals surface area contributed by atoms with E-state index in [1.54, 1.807) is 0 Å². The van der Waals surface area contributed by atoms with Gasteiger partial charge in [0.15, 0.2) is 0 Å². The normalized spacial score (nSPS) is 26.4. The maximum atomic E-state index is 10.5. The number of aryl methyl sites for hydroxylation is 1. The van der Waals surface area contributed by atoms with Gasteiger partial charge in [-0.25, -0.2) is 0 Å². The SMILES string of the molecule is Cc1ccc2c(c1O)C[C@@H](C1CCN(CCC(C)N)CC1)O[C@H]2CN. The van der Waals surface area contributed by atoms with Crippen LogP contribution in [0.25, 0.3) is 0 Å². The van der Waals surface area contributed by atoms with E-state index in [-0.39, 0.29) is 18.2 Å². The summed E-state index contributed by atoms with van der Waals surface area (Å²) in [5.41, 5.74) is 14.9. The molecule has 5 heteroatoms. The number of phenolic OH excluding ortho intramolecular Hbond substituents is 1. The van der Waals surface area contributed by atoms with E-state index in [1.165, 1.54) is 0 Å². The van der Waals surface area contributed by atoms with E-state index in [1.807, 2.05) is 13.0 Å². The molecule has 0 aliphatic carbocycles. The Balaban J connectivity index is 1.65. The average Bonchev–Trinajstić information content (AvgIpc) is 2.62. The number of hydrogen-bond acceptors (Lipinski definition) is 5. The molecule has 1 fully saturated rings. The third kappa shape index (κ3) is 4.17. The fraction of sp³-hybridized carbons (Fsp3) is 0.700. The molecule has 25 heavy (non-hydrogen) atoms. The zero-order chi connectivity index (χ0) is 18.0. The first kappa shape index (κ1) is 18.6. The van der Waals surface area contributed by atoms with Gasteiger partial charge in [-0.3, -0.25) is 0 Å². The van der Waals surface area contributed by atoms with Crippen LogP contribution in [0.5, 0.6) is 5.75 Å². The summed E-state index contributed by atoms with van der Waals surface area (Å²) in [6, 6.07) is 4.29. The van der Waals surface area contributed by atoms with Crippen molar-refractivity contribution in [3.05, 3.63) is 28.8 Å². The van der Waals surface area contributed by atoms with Crippen LogP contribution in [-0.2, 0) is 11.2 Å². The lowest BCUT2D eigenvalue weighted by molar-refractivity contribution is -0.0647. The van der Waals surface area contributed by atoms with Gasteiger partial charge in [0.1, 0.15) is 5.75 Å². The minimum atomic E-state index is -0.101. The fourth-order valence-electron chi connectivity index (χ4n) is 4.21. The van der Waals surface area contributed by atoms with Crippen molar-refractivity contribution >= 4 is 0 Å². The number of nitrogens with two attached hydrogens (primary N) is 2. The molecule has 3 atom stereocenters. The largest absolute Gasteiger partial charge is 0.507 e. The summed E-state index contributed by atoms with van der Waals surface area (Å²) in [5.74, 6) is 0.965. The minimum Gasteiger partial charge on any atom is -0.507 e. The summed E-state index contributed by atoms with van der Waals surface area (Å²) < 4.78 is 6.36. The number of hydrogen-bond donors (Lipinski definition) is 3. The van der Waals surface area contributed by atoms with Crippen LogP contribution in [0.4, 0.5) is 0 Å². The molecule has 1 aromatic carbocycles. The highest BCUT2D eigenvalue weighted by Crippen LogP contribution is 2.40. The maximum absolute atomic E-state index is 10.5. The third-order valence-corrected chi connectivity index (χ3v) is 5.88. The number of nitrogens with zero attached hydrogens (tertiary/aromatic N) is 1. The van der Waals surface area contributed by atoms with Crippen LogP contribution in [0.15, 0.2) is 12.1 Å². The summed E-state index contributed by atoms with van der Waals surface area (Å²) in [7, 11) is 0. The van der Waals surface area contributed by atoms with Gasteiger partial charge in [-0.2, -0.15) is 0 Å². The van der Waals surface area contributed by atoms with Crippen LogP contribution in [0.3, 0.4) is 0 Å². The quantitative estimate of drug-likeness (QED) is 0.759. The molecule has 0 aromatic heterocycles. The molecule has 5 N–H and O–H groups in total. The van der Waals surface area contributed by atoms with Gasteiger partial charge in [-0.1, -0.05) is 12.1 Å². The number of likely N-dealkylation sites (tertiary alicyclic amines) is 1. The van der Waals surface area contributed by atoms with E-state index < -0.39 is 0 Å². The van der Waals surface area contributed by atoms with Crippen LogP contribution in [0.2, 0.25) is 0 Å². The van der Waals surface area contributed by atoms with E-state index in [0.29, 0.717) is 18.2 Å². The van der Waals surface area contributed by atoms with Gasteiger partial charge in [0.05, 0.1) is 12.2 Å². The highest BCUT2D eigenvalue weighted by atomic mass is 16.5. The molecule has 0 radical (unpaired) electrons. The summed E-state index contributed by atoms with van der Waals surface area (Å²) in [6.45, 7) is 7.79. The van der Waals surface area contributed by atoms with Crippen LogP contribution in [0.1, 0.15) is 49.0 Å². The predicted octanol–water partition coefficient (Wildman–Crippen LogP) is 2.09. The Morgan fingerprint density at radius 2 is 2.04 bits per heavy atom. The molecule has 3 rings (SSSR count). The Morgan fingerprint density at radius 1 is 1.32 bits per heavy atom. The summed E-state index contributed by atoms with van der Waals surface area (Å²) in [4.78, 5) is 2.51. The van der Waals surface area contributed by atoms with E-state index in [9.17, 15) is 5.11 Å². The highest BCUT2D eigenvalue weighted by molar-refractivity contribution is 5.47. The fourth-order valence-corrected chi connectivity index (χ4v) is 4.21. The molecular weight excluding hydrogens is 314 g/mol. The van der Waals surface area contributed by atoms with Gasteiger partial charge in [0, 0.05) is 24.6 Å². The number of aromatic hydroxyl groups is 1. The lowest BCUT2D eigenvalue weighted by Gasteiger charge is -2.40. The van der Waals surface area contributed by atoms with Crippen molar-refractivity contribution in [3.63, 3.8) is 0 Å². The molecule has 1 unspecified atom stereocenters. The van der Waals surface area contributed by atoms with Crippen molar-refractivity contribution in [1.82, 2.24) is 4.90 Å². The standard InChI is InChI=1S/C20H33N3O2/c1-13-3-4-16-17(20(13)24)11-18(25-19(16)12-21)15-6-9-23(10-7-15)8-5-14(2)22/h3-4,14-15,18-19,24H,5-12,21-22H2,1-2H3/t14?,18-,19-/m0/s1. The molecule has 2 aliphatic rings. The van der Waals surface area contributed by atoms with Gasteiger partial charge in [-0.05, 0) is 69.8 Å². The number of phenols is 1. The Labute approximate surface area is 151 Å². The van der Waals surface area contributed by atoms with Gasteiger partial charge < -0.3 is 26.2 Å². The number of rotatable bonds is 5. The molecule has 0 bridgehead atoms. The lowest BCUT2D eigenvalue weighted by Crippen LogP contribution is -2.43. The van der Waals surface area contributed by atoms with Crippen molar-refractivity contribution in [2.24, 2.45) is 17.4 Å². The molecule has 0 saturated carbocycles. The monoisotopic (exact) mass is 347 g/mol. The molecule has 2 heterocycles. The molecule has 140 valence electrons. The summed E-state index contributed by atoms with van der Waals surface area (Å²) in [5, 5.41) is 10.5. The first-order valence-corrected chi connectivity index (χ1v) is 9.64. The van der Waals surface area contributed by atoms with E-state index >= 15 is 0 Å². The Hall–Kier alpha value is -1.14. The second kappa shape index (κ2) is 8.04. The molecule has 2 aliphatic heterocycles. The average molecular weight is 348 g/mol. The van der Waals surface area contributed by atoms with Crippen molar-refractivity contribution in [1.29, 1.82) is 0 Å². The number of ether oxygens (including phenoxy) is 1. The molecule has 0 spiro atoms. The van der Waals surface area contributed by atoms with Crippen molar-refractivity contribution in [3.8, 4) is 5.75 Å². The Kier molecular flexibility index (Phi) is 6.00. The highest BCUT2D eigenvalue weighted by Gasteiger charge is 2.35. The van der Waals surface area contributed by atoms with E-state index in [2.05, 4.69) is 17.9 Å². The van der Waals surface area contributed by atoms with Gasteiger partial charge in [0.2, 0.25) is 0 Å². The molecule has 0 amide bonds. The zero-order valence-corrected chi connectivity index (χ0v) is 15.6. The maximum Gasteiger partial charge on any atom is 0.122 e. The lowest BCUT2D eigenvalue weighted by atomic mass is 9.83. The van der Waals surface area contributed by atoms with Crippen LogP contribution >= 0.6 is 0 Å². The number of benzene rings is 1. The summed E-state index contributed by atoms with van der Waals surface area (Å²) in [6.07, 6.45) is 4.19. The smallest absolute Gasteiger partial charge is 0.122 e. The van der Waals surface area contributed by atoms with Gasteiger partial charge in [-0.15, -0.1) is 0 Å². The third-order valence-electron chi connectivity index (χ3n) is 5.88. The molecule has 1 aromatic rings. The Morgan fingerprint density at radius 3 is 2.68 bits per heavy atom. The summed E-state index contributed by atoms with van der Waals surface area (Å²) >= 11 is 0.